The lowest BCUT2D eigenvalue weighted by Gasteiger charge is -2.18. The molecule has 1 heterocycles. The molecule has 7 heteroatoms. The summed E-state index contributed by atoms with van der Waals surface area (Å²) in [6, 6.07) is 11.5. The lowest BCUT2D eigenvalue weighted by molar-refractivity contribution is -0.137. The fourth-order valence-corrected chi connectivity index (χ4v) is 2.45. The molecule has 0 aliphatic heterocycles. The lowest BCUT2D eigenvalue weighted by atomic mass is 10.0. The first kappa shape index (κ1) is 17.0. The van der Waals surface area contributed by atoms with Crippen molar-refractivity contribution in [2.45, 2.75) is 19.0 Å². The van der Waals surface area contributed by atoms with Crippen molar-refractivity contribution in [3.8, 4) is 0 Å². The van der Waals surface area contributed by atoms with Crippen molar-refractivity contribution in [1.82, 2.24) is 15.6 Å². The number of carbonyl (C=O) groups excluding carboxylic acids is 1. The lowest BCUT2D eigenvalue weighted by Crippen LogP contribution is -2.38. The number of pyridine rings is 1. The smallest absolute Gasteiger partial charge is 0.315 e. The summed E-state index contributed by atoms with van der Waals surface area (Å²) in [7, 11) is 0. The average Bonchev–Trinajstić information content (AvgIpc) is 2.53. The van der Waals surface area contributed by atoms with E-state index in [2.05, 4.69) is 31.5 Å². The summed E-state index contributed by atoms with van der Waals surface area (Å²) in [6.07, 6.45) is 1.44. The maximum atomic E-state index is 12.0. The van der Waals surface area contributed by atoms with E-state index in [-0.39, 0.29) is 13.0 Å². The van der Waals surface area contributed by atoms with Gasteiger partial charge in [-0.3, -0.25) is 9.78 Å². The van der Waals surface area contributed by atoms with E-state index in [1.54, 1.807) is 36.5 Å². The Labute approximate surface area is 142 Å². The van der Waals surface area contributed by atoms with Crippen molar-refractivity contribution in [1.29, 1.82) is 0 Å². The normalized spacial score (nSPS) is 11.5. The third-order valence-corrected chi connectivity index (χ3v) is 3.58. The SMILES string of the molecule is O=C(O)CC(NC(=O)NCc1ccccn1)c1cccc(Br)c1. The summed E-state index contributed by atoms with van der Waals surface area (Å²) in [5.41, 5.74) is 1.44. The number of carbonyl (C=O) groups is 2. The number of aromatic nitrogens is 1. The molecule has 2 aromatic rings. The number of hydrogen-bond acceptors (Lipinski definition) is 3. The number of nitrogens with zero attached hydrogens (tertiary/aromatic N) is 1. The molecule has 0 fully saturated rings. The number of halogens is 1. The van der Waals surface area contributed by atoms with E-state index in [4.69, 9.17) is 5.11 Å². The van der Waals surface area contributed by atoms with Crippen LogP contribution in [0, 0.1) is 0 Å². The maximum Gasteiger partial charge on any atom is 0.315 e. The van der Waals surface area contributed by atoms with Crippen molar-refractivity contribution in [2.75, 3.05) is 0 Å². The van der Waals surface area contributed by atoms with Crippen molar-refractivity contribution in [3.05, 3.63) is 64.4 Å². The number of rotatable bonds is 6. The predicted octanol–water partition coefficient (Wildman–Crippen LogP) is 2.86. The molecule has 0 spiro atoms. The Hall–Kier alpha value is -2.41. The summed E-state index contributed by atoms with van der Waals surface area (Å²) in [5, 5.41) is 14.4. The number of aliphatic carboxylic acids is 1. The second-order valence-electron chi connectivity index (χ2n) is 4.85. The van der Waals surface area contributed by atoms with E-state index in [0.717, 1.165) is 15.7 Å². The molecule has 23 heavy (non-hydrogen) atoms. The van der Waals surface area contributed by atoms with Gasteiger partial charge in [0.05, 0.1) is 24.7 Å². The average molecular weight is 378 g/mol. The van der Waals surface area contributed by atoms with E-state index in [1.807, 2.05) is 12.1 Å². The van der Waals surface area contributed by atoms with Crippen LogP contribution in [0.15, 0.2) is 53.1 Å². The van der Waals surface area contributed by atoms with Crippen LogP contribution in [0.4, 0.5) is 4.79 Å². The molecule has 0 saturated heterocycles. The van der Waals surface area contributed by atoms with Crippen molar-refractivity contribution >= 4 is 27.9 Å². The number of carboxylic acids is 1. The predicted molar refractivity (Wildman–Crippen MR) is 88.7 cm³/mol. The second-order valence-corrected chi connectivity index (χ2v) is 5.77. The van der Waals surface area contributed by atoms with Crippen LogP contribution in [0.5, 0.6) is 0 Å². The molecule has 3 N–H and O–H groups in total. The van der Waals surface area contributed by atoms with Crippen LogP contribution < -0.4 is 10.6 Å². The molecule has 120 valence electrons. The van der Waals surface area contributed by atoms with E-state index in [9.17, 15) is 9.59 Å². The van der Waals surface area contributed by atoms with Gasteiger partial charge < -0.3 is 15.7 Å². The Morgan fingerprint density at radius 2 is 2.04 bits per heavy atom. The monoisotopic (exact) mass is 377 g/mol. The number of benzene rings is 1. The molecule has 0 aliphatic carbocycles. The minimum Gasteiger partial charge on any atom is -0.481 e. The molecule has 0 saturated carbocycles. The highest BCUT2D eigenvalue weighted by molar-refractivity contribution is 9.10. The minimum absolute atomic E-state index is 0.201. The Morgan fingerprint density at radius 3 is 2.70 bits per heavy atom. The first-order valence-electron chi connectivity index (χ1n) is 6.96. The van der Waals surface area contributed by atoms with E-state index >= 15 is 0 Å². The Balaban J connectivity index is 1.99. The molecule has 2 rings (SSSR count). The van der Waals surface area contributed by atoms with Crippen LogP contribution in [0.1, 0.15) is 23.7 Å². The van der Waals surface area contributed by atoms with Crippen LogP contribution in [-0.2, 0) is 11.3 Å². The zero-order valence-electron chi connectivity index (χ0n) is 12.2. The molecule has 1 aromatic carbocycles. The molecule has 6 nitrogen and oxygen atoms in total. The van der Waals surface area contributed by atoms with Gasteiger partial charge in [0, 0.05) is 10.7 Å². The van der Waals surface area contributed by atoms with Gasteiger partial charge in [-0.15, -0.1) is 0 Å². The Bertz CT molecular complexity index is 679. The van der Waals surface area contributed by atoms with Gasteiger partial charge >= 0.3 is 12.0 Å². The van der Waals surface area contributed by atoms with E-state index in [1.165, 1.54) is 0 Å². The number of carboxylic acid groups (broad SMARTS) is 1. The van der Waals surface area contributed by atoms with Gasteiger partial charge in [-0.1, -0.05) is 34.1 Å². The largest absolute Gasteiger partial charge is 0.481 e. The van der Waals surface area contributed by atoms with Crippen LogP contribution in [0.25, 0.3) is 0 Å². The van der Waals surface area contributed by atoms with Crippen molar-refractivity contribution < 1.29 is 14.7 Å². The molecular weight excluding hydrogens is 362 g/mol. The van der Waals surface area contributed by atoms with Crippen molar-refractivity contribution in [2.24, 2.45) is 0 Å². The minimum atomic E-state index is -0.986. The third-order valence-electron chi connectivity index (χ3n) is 3.09. The topological polar surface area (TPSA) is 91.3 Å². The molecule has 2 amide bonds. The number of nitrogens with one attached hydrogen (secondary N) is 2. The van der Waals surface area contributed by atoms with Gasteiger partial charge in [-0.2, -0.15) is 0 Å². The highest BCUT2D eigenvalue weighted by Gasteiger charge is 2.18. The number of hydrogen-bond donors (Lipinski definition) is 3. The summed E-state index contributed by atoms with van der Waals surface area (Å²) < 4.78 is 0.820. The van der Waals surface area contributed by atoms with E-state index < -0.39 is 18.0 Å². The van der Waals surface area contributed by atoms with Gasteiger partial charge in [-0.05, 0) is 29.8 Å². The van der Waals surface area contributed by atoms with Gasteiger partial charge in [0.25, 0.3) is 0 Å². The summed E-state index contributed by atoms with van der Waals surface area (Å²) in [5.74, 6) is -0.986. The highest BCUT2D eigenvalue weighted by atomic mass is 79.9. The first-order valence-corrected chi connectivity index (χ1v) is 7.75. The summed E-state index contributed by atoms with van der Waals surface area (Å²) in [4.78, 5) is 27.2. The van der Waals surface area contributed by atoms with Gasteiger partial charge in [0.15, 0.2) is 0 Å². The molecule has 0 radical (unpaired) electrons. The molecule has 1 unspecified atom stereocenters. The summed E-state index contributed by atoms with van der Waals surface area (Å²) in [6.45, 7) is 0.269. The Morgan fingerprint density at radius 1 is 1.22 bits per heavy atom. The van der Waals surface area contributed by atoms with Gasteiger partial charge in [-0.25, -0.2) is 4.79 Å². The highest BCUT2D eigenvalue weighted by Crippen LogP contribution is 2.20. The summed E-state index contributed by atoms with van der Waals surface area (Å²) >= 11 is 3.34. The molecule has 0 aliphatic rings. The van der Waals surface area contributed by atoms with Crippen LogP contribution in [0.3, 0.4) is 0 Å². The van der Waals surface area contributed by atoms with Gasteiger partial charge in [0.1, 0.15) is 0 Å². The zero-order chi connectivity index (χ0) is 16.7. The fraction of sp³-hybridized carbons (Fsp3) is 0.188. The third kappa shape index (κ3) is 5.71. The standard InChI is InChI=1S/C16H16BrN3O3/c17-12-5-3-4-11(8-12)14(9-15(21)22)20-16(23)19-10-13-6-1-2-7-18-13/h1-8,14H,9-10H2,(H,21,22)(H2,19,20,23). The second kappa shape index (κ2) is 8.28. The number of amides is 2. The quantitative estimate of drug-likeness (QED) is 0.721. The molecule has 1 atom stereocenters. The zero-order valence-corrected chi connectivity index (χ0v) is 13.8. The van der Waals surface area contributed by atoms with Crippen molar-refractivity contribution in [3.63, 3.8) is 0 Å². The maximum absolute atomic E-state index is 12.0. The van der Waals surface area contributed by atoms with E-state index in [0.29, 0.717) is 0 Å². The van der Waals surface area contributed by atoms with Crippen LogP contribution in [0.2, 0.25) is 0 Å². The van der Waals surface area contributed by atoms with Crippen LogP contribution >= 0.6 is 15.9 Å². The molecular formula is C16H16BrN3O3. The van der Waals surface area contributed by atoms with Crippen LogP contribution in [-0.4, -0.2) is 22.1 Å². The number of urea groups is 1. The molecule has 1 aromatic heterocycles. The fourth-order valence-electron chi connectivity index (χ4n) is 2.03. The Kier molecular flexibility index (Phi) is 6.10. The first-order chi connectivity index (χ1) is 11.0. The molecule has 0 bridgehead atoms. The van der Waals surface area contributed by atoms with Gasteiger partial charge in [0.2, 0.25) is 0 Å².